The van der Waals surface area contributed by atoms with Crippen molar-refractivity contribution < 1.29 is 27.9 Å². The molecule has 222 valence electrons. The Labute approximate surface area is 250 Å². The number of hydrogen-bond donors (Lipinski definition) is 5. The summed E-state index contributed by atoms with van der Waals surface area (Å²) in [5.41, 5.74) is 8.99. The quantitative estimate of drug-likeness (QED) is 0.160. The van der Waals surface area contributed by atoms with E-state index < -0.39 is 21.9 Å². The fourth-order valence-corrected chi connectivity index (χ4v) is 5.69. The number of sulfonamides is 1. The van der Waals surface area contributed by atoms with Gasteiger partial charge in [0.05, 0.1) is 11.3 Å². The molecule has 4 rings (SSSR count). The molecule has 2 amide bonds. The Morgan fingerprint density at radius 1 is 0.976 bits per heavy atom. The summed E-state index contributed by atoms with van der Waals surface area (Å²) in [5, 5.41) is 19.2. The van der Waals surface area contributed by atoms with Crippen LogP contribution in [0, 0.1) is 5.41 Å². The van der Waals surface area contributed by atoms with Gasteiger partial charge in [0, 0.05) is 42.0 Å². The van der Waals surface area contributed by atoms with Crippen molar-refractivity contribution in [1.82, 2.24) is 0 Å². The van der Waals surface area contributed by atoms with Gasteiger partial charge in [0.15, 0.2) is 0 Å². The molecule has 0 fully saturated rings. The first-order valence-corrected chi connectivity index (χ1v) is 14.5. The van der Waals surface area contributed by atoms with Gasteiger partial charge in [-0.3, -0.25) is 24.5 Å². The molecule has 0 spiro atoms. The van der Waals surface area contributed by atoms with Crippen molar-refractivity contribution in [2.24, 2.45) is 5.73 Å². The number of nitrogens with two attached hydrogens (primary N) is 1. The van der Waals surface area contributed by atoms with Crippen LogP contribution in [0.2, 0.25) is 0 Å². The molecular formula is C29H32ClN5O6S. The molecular weight excluding hydrogens is 582 g/mol. The SMILES string of the molecule is Cl.N=C(N)c1ccc(CCC(=O)N2CCCc3cc(NS(=O)(=O)c4ccccc4)ccc32)c(NC(=O)CCC(=O)O)c1. The van der Waals surface area contributed by atoms with Gasteiger partial charge in [0.25, 0.3) is 10.0 Å². The van der Waals surface area contributed by atoms with Crippen molar-refractivity contribution in [2.75, 3.05) is 21.5 Å². The van der Waals surface area contributed by atoms with Gasteiger partial charge in [-0.15, -0.1) is 12.4 Å². The minimum Gasteiger partial charge on any atom is -0.481 e. The number of carbonyl (C=O) groups is 3. The largest absolute Gasteiger partial charge is 0.481 e. The Balaban J connectivity index is 0.00000484. The zero-order valence-electron chi connectivity index (χ0n) is 22.6. The van der Waals surface area contributed by atoms with Crippen LogP contribution in [0.15, 0.2) is 71.6 Å². The van der Waals surface area contributed by atoms with Gasteiger partial charge in [-0.25, -0.2) is 8.42 Å². The first kappa shape index (κ1) is 32.1. The van der Waals surface area contributed by atoms with Crippen molar-refractivity contribution in [3.05, 3.63) is 83.4 Å². The Kier molecular flexibility index (Phi) is 10.7. The molecule has 0 atom stereocenters. The third-order valence-electron chi connectivity index (χ3n) is 6.67. The van der Waals surface area contributed by atoms with Crippen molar-refractivity contribution >= 4 is 63.1 Å². The van der Waals surface area contributed by atoms with Gasteiger partial charge < -0.3 is 21.1 Å². The van der Waals surface area contributed by atoms with E-state index in [2.05, 4.69) is 10.0 Å². The Morgan fingerprint density at radius 2 is 1.71 bits per heavy atom. The number of nitrogens with zero attached hydrogens (tertiary/aromatic N) is 1. The maximum atomic E-state index is 13.3. The fourth-order valence-electron chi connectivity index (χ4n) is 4.62. The van der Waals surface area contributed by atoms with Crippen LogP contribution < -0.4 is 20.7 Å². The van der Waals surface area contributed by atoms with Crippen molar-refractivity contribution in [1.29, 1.82) is 5.41 Å². The molecule has 0 bridgehead atoms. The maximum absolute atomic E-state index is 13.3. The smallest absolute Gasteiger partial charge is 0.303 e. The molecule has 6 N–H and O–H groups in total. The third kappa shape index (κ3) is 8.08. The number of hydrogen-bond acceptors (Lipinski definition) is 6. The minimum atomic E-state index is -3.75. The number of carboxylic acid groups (broad SMARTS) is 1. The molecule has 3 aromatic rings. The summed E-state index contributed by atoms with van der Waals surface area (Å²) >= 11 is 0. The maximum Gasteiger partial charge on any atom is 0.303 e. The normalized spacial score (nSPS) is 12.4. The molecule has 42 heavy (non-hydrogen) atoms. The zero-order chi connectivity index (χ0) is 29.6. The van der Waals surface area contributed by atoms with E-state index in [9.17, 15) is 22.8 Å². The van der Waals surface area contributed by atoms with E-state index >= 15 is 0 Å². The molecule has 1 aliphatic heterocycles. The summed E-state index contributed by atoms with van der Waals surface area (Å²) in [6, 6.07) is 18.1. The summed E-state index contributed by atoms with van der Waals surface area (Å²) in [6.45, 7) is 0.517. The average Bonchev–Trinajstić information content (AvgIpc) is 2.95. The van der Waals surface area contributed by atoms with E-state index in [-0.39, 0.29) is 54.7 Å². The second kappa shape index (κ2) is 14.0. The first-order valence-electron chi connectivity index (χ1n) is 13.0. The molecule has 3 aromatic carbocycles. The molecule has 11 nitrogen and oxygen atoms in total. The lowest BCUT2D eigenvalue weighted by Gasteiger charge is -2.30. The molecule has 1 aliphatic rings. The van der Waals surface area contributed by atoms with Crippen LogP contribution in [0.1, 0.15) is 42.4 Å². The molecule has 0 unspecified atom stereocenters. The lowest BCUT2D eigenvalue weighted by Crippen LogP contribution is -2.35. The van der Waals surface area contributed by atoms with E-state index in [0.29, 0.717) is 41.9 Å². The number of rotatable bonds is 11. The van der Waals surface area contributed by atoms with Gasteiger partial charge in [-0.05, 0) is 66.8 Å². The number of amidine groups is 1. The third-order valence-corrected chi connectivity index (χ3v) is 8.07. The molecule has 0 saturated carbocycles. The van der Waals surface area contributed by atoms with Crippen LogP contribution in [-0.4, -0.2) is 43.7 Å². The van der Waals surface area contributed by atoms with Gasteiger partial charge >= 0.3 is 5.97 Å². The summed E-state index contributed by atoms with van der Waals surface area (Å²) in [6.07, 6.45) is 1.28. The van der Waals surface area contributed by atoms with Crippen LogP contribution in [0.25, 0.3) is 0 Å². The van der Waals surface area contributed by atoms with Crippen LogP contribution in [0.4, 0.5) is 17.1 Å². The number of aliphatic carboxylic acids is 1. The van der Waals surface area contributed by atoms with Gasteiger partial charge in [0.1, 0.15) is 5.84 Å². The number of nitrogens with one attached hydrogen (secondary N) is 3. The molecule has 0 radical (unpaired) electrons. The van der Waals surface area contributed by atoms with Gasteiger partial charge in [0.2, 0.25) is 11.8 Å². The summed E-state index contributed by atoms with van der Waals surface area (Å²) in [4.78, 5) is 38.3. The van der Waals surface area contributed by atoms with Gasteiger partial charge in [-0.2, -0.15) is 0 Å². The molecule has 0 aromatic heterocycles. The minimum absolute atomic E-state index is 0. The van der Waals surface area contributed by atoms with E-state index in [1.54, 1.807) is 53.4 Å². The number of fused-ring (bicyclic) bond motifs is 1. The van der Waals surface area contributed by atoms with Crippen LogP contribution in [0.5, 0.6) is 0 Å². The number of nitrogen functional groups attached to an aromatic ring is 1. The number of anilines is 3. The van der Waals surface area contributed by atoms with Crippen LogP contribution in [-0.2, 0) is 37.2 Å². The summed E-state index contributed by atoms with van der Waals surface area (Å²) in [5.74, 6) is -1.92. The van der Waals surface area contributed by atoms with E-state index in [4.69, 9.17) is 16.2 Å². The molecule has 0 aliphatic carbocycles. The fraction of sp³-hybridized carbons (Fsp3) is 0.241. The highest BCUT2D eigenvalue weighted by Gasteiger charge is 2.24. The topological polar surface area (TPSA) is 183 Å². The molecule has 0 saturated heterocycles. The highest BCUT2D eigenvalue weighted by atomic mass is 35.5. The van der Waals surface area contributed by atoms with E-state index in [1.807, 2.05) is 0 Å². The number of aryl methyl sites for hydroxylation is 2. The second-order valence-corrected chi connectivity index (χ2v) is 11.3. The summed E-state index contributed by atoms with van der Waals surface area (Å²) in [7, 11) is -3.75. The average molecular weight is 614 g/mol. The monoisotopic (exact) mass is 613 g/mol. The van der Waals surface area contributed by atoms with Crippen LogP contribution in [0.3, 0.4) is 0 Å². The Bertz CT molecular complexity index is 1600. The Morgan fingerprint density at radius 3 is 2.40 bits per heavy atom. The highest BCUT2D eigenvalue weighted by molar-refractivity contribution is 7.92. The molecule has 1 heterocycles. The van der Waals surface area contributed by atoms with Crippen molar-refractivity contribution in [2.45, 2.75) is 43.4 Å². The van der Waals surface area contributed by atoms with Crippen LogP contribution >= 0.6 is 12.4 Å². The number of benzene rings is 3. The molecule has 13 heteroatoms. The zero-order valence-corrected chi connectivity index (χ0v) is 24.3. The van der Waals surface area contributed by atoms with Crippen molar-refractivity contribution in [3.63, 3.8) is 0 Å². The lowest BCUT2D eigenvalue weighted by molar-refractivity contribution is -0.138. The Hall–Kier alpha value is -4.42. The number of carboxylic acids is 1. The predicted molar refractivity (Wildman–Crippen MR) is 163 cm³/mol. The number of amides is 2. The van der Waals surface area contributed by atoms with E-state index in [0.717, 1.165) is 11.3 Å². The standard InChI is InChI=1S/C29H31N5O6S.ClH/c30-29(31)21-9-8-19(24(18-21)32-26(35)13-15-28(37)38)10-14-27(36)34-16-4-5-20-17-22(11-12-25(20)34)33-41(39,40)23-6-2-1-3-7-23;/h1-3,6-9,11-12,17-18,33H,4-5,10,13-16H2,(H3,30,31)(H,32,35)(H,37,38);1H. The van der Waals surface area contributed by atoms with Crippen molar-refractivity contribution in [3.8, 4) is 0 Å². The first-order chi connectivity index (χ1) is 19.5. The van der Waals surface area contributed by atoms with Gasteiger partial charge in [-0.1, -0.05) is 30.3 Å². The number of halogens is 1. The number of carbonyl (C=O) groups excluding carboxylic acids is 2. The second-order valence-electron chi connectivity index (χ2n) is 9.64. The van der Waals surface area contributed by atoms with E-state index in [1.165, 1.54) is 18.2 Å². The summed E-state index contributed by atoms with van der Waals surface area (Å²) < 4.78 is 28.1. The lowest BCUT2D eigenvalue weighted by atomic mass is 9.99. The highest BCUT2D eigenvalue weighted by Crippen LogP contribution is 2.31. The predicted octanol–water partition coefficient (Wildman–Crippen LogP) is 3.91.